The van der Waals surface area contributed by atoms with E-state index in [1.807, 2.05) is 35.4 Å². The van der Waals surface area contributed by atoms with Gasteiger partial charge in [0.1, 0.15) is 17.3 Å². The molecule has 1 saturated heterocycles. The smallest absolute Gasteiger partial charge is 0.328 e. The fourth-order valence-corrected chi connectivity index (χ4v) is 3.13. The first-order valence-electron chi connectivity index (χ1n) is 8.58. The minimum absolute atomic E-state index is 0.0173. The summed E-state index contributed by atoms with van der Waals surface area (Å²) in [4.78, 5) is 20.9. The fourth-order valence-electron chi connectivity index (χ4n) is 3.13. The number of benzene rings is 1. The van der Waals surface area contributed by atoms with E-state index < -0.39 is 0 Å². The number of hydrogen-bond acceptors (Lipinski definition) is 5. The second-order valence-corrected chi connectivity index (χ2v) is 6.50. The number of ether oxygens (including phenoxy) is 1. The number of carbonyl (C=O) groups is 1. The van der Waals surface area contributed by atoms with Crippen LogP contribution in [-0.4, -0.2) is 58.6 Å². The zero-order chi connectivity index (χ0) is 18.1. The predicted molar refractivity (Wildman–Crippen MR) is 101 cm³/mol. The van der Waals surface area contributed by atoms with Crippen molar-refractivity contribution in [3.05, 3.63) is 48.8 Å². The third-order valence-electron chi connectivity index (χ3n) is 4.63. The fraction of sp³-hybridized carbons (Fsp3) is 0.263. The largest absolute Gasteiger partial charge is 0.457 e. The van der Waals surface area contributed by atoms with Gasteiger partial charge in [0.25, 0.3) is 0 Å². The van der Waals surface area contributed by atoms with Gasteiger partial charge in [0.2, 0.25) is 0 Å². The van der Waals surface area contributed by atoms with Gasteiger partial charge in [0.05, 0.1) is 5.52 Å². The summed E-state index contributed by atoms with van der Waals surface area (Å²) in [5.74, 6) is 1.73. The lowest BCUT2D eigenvalue weighted by atomic mass is 10.2. The molecular formula is C19H21N5O2. The maximum absolute atomic E-state index is 12.8. The number of pyridine rings is 1. The monoisotopic (exact) mass is 351 g/mol. The number of nitrogen functional groups attached to an aromatic ring is 1. The van der Waals surface area contributed by atoms with Crippen LogP contribution in [0.3, 0.4) is 0 Å². The Morgan fingerprint density at radius 3 is 2.62 bits per heavy atom. The molecule has 134 valence electrons. The average Bonchev–Trinajstić information content (AvgIpc) is 3.05. The molecule has 0 atom stereocenters. The number of nitrogens with zero attached hydrogens (tertiary/aromatic N) is 4. The van der Waals surface area contributed by atoms with Crippen LogP contribution >= 0.6 is 0 Å². The molecule has 1 aliphatic rings. The van der Waals surface area contributed by atoms with Crippen LogP contribution in [0.15, 0.2) is 48.8 Å². The van der Waals surface area contributed by atoms with Crippen LogP contribution in [0.25, 0.3) is 10.9 Å². The highest BCUT2D eigenvalue weighted by atomic mass is 16.5. The highest BCUT2D eigenvalue weighted by Gasteiger charge is 2.21. The van der Waals surface area contributed by atoms with Crippen molar-refractivity contribution in [2.75, 3.05) is 39.0 Å². The first-order valence-corrected chi connectivity index (χ1v) is 8.58. The third-order valence-corrected chi connectivity index (χ3v) is 4.63. The maximum Gasteiger partial charge on any atom is 0.328 e. The highest BCUT2D eigenvalue weighted by molar-refractivity contribution is 5.92. The minimum atomic E-state index is 0.0173. The van der Waals surface area contributed by atoms with Crippen LogP contribution in [0.1, 0.15) is 0 Å². The molecule has 1 fully saturated rings. The summed E-state index contributed by atoms with van der Waals surface area (Å²) in [6.07, 6.45) is 3.42. The molecule has 7 nitrogen and oxygen atoms in total. The summed E-state index contributed by atoms with van der Waals surface area (Å²) >= 11 is 0. The van der Waals surface area contributed by atoms with E-state index in [1.54, 1.807) is 22.9 Å². The Labute approximate surface area is 151 Å². The van der Waals surface area contributed by atoms with E-state index >= 15 is 0 Å². The molecule has 3 heterocycles. The lowest BCUT2D eigenvalue weighted by Crippen LogP contribution is -2.48. The molecule has 0 spiro atoms. The zero-order valence-electron chi connectivity index (χ0n) is 14.6. The summed E-state index contributed by atoms with van der Waals surface area (Å²) in [7, 11) is 2.07. The van der Waals surface area contributed by atoms with Gasteiger partial charge in [-0.15, -0.1) is 0 Å². The van der Waals surface area contributed by atoms with Crippen LogP contribution in [-0.2, 0) is 0 Å². The number of aromatic nitrogens is 2. The van der Waals surface area contributed by atoms with Gasteiger partial charge in [0, 0.05) is 50.0 Å². The van der Waals surface area contributed by atoms with Gasteiger partial charge in [-0.3, -0.25) is 4.57 Å². The summed E-state index contributed by atoms with van der Waals surface area (Å²) in [5.41, 5.74) is 6.55. The molecule has 7 heteroatoms. The topological polar surface area (TPSA) is 76.6 Å². The first-order chi connectivity index (χ1) is 12.6. The number of hydrogen-bond donors (Lipinski definition) is 1. The van der Waals surface area contributed by atoms with Crippen molar-refractivity contribution >= 4 is 22.8 Å². The van der Waals surface area contributed by atoms with Crippen molar-refractivity contribution in [3.8, 4) is 11.5 Å². The van der Waals surface area contributed by atoms with Crippen molar-refractivity contribution in [2.24, 2.45) is 0 Å². The van der Waals surface area contributed by atoms with Crippen LogP contribution < -0.4 is 10.5 Å². The maximum atomic E-state index is 12.8. The molecule has 2 N–H and O–H groups in total. The second-order valence-electron chi connectivity index (χ2n) is 6.50. The average molecular weight is 351 g/mol. The normalized spacial score (nSPS) is 15.3. The zero-order valence-corrected chi connectivity index (χ0v) is 14.6. The van der Waals surface area contributed by atoms with Crippen LogP contribution in [0.2, 0.25) is 0 Å². The van der Waals surface area contributed by atoms with Crippen LogP contribution in [0.4, 0.5) is 10.6 Å². The van der Waals surface area contributed by atoms with E-state index in [2.05, 4.69) is 16.9 Å². The molecule has 4 rings (SSSR count). The van der Waals surface area contributed by atoms with Gasteiger partial charge < -0.3 is 20.3 Å². The molecule has 0 radical (unpaired) electrons. The van der Waals surface area contributed by atoms with Gasteiger partial charge in [0.15, 0.2) is 0 Å². The molecule has 0 saturated carbocycles. The van der Waals surface area contributed by atoms with Crippen molar-refractivity contribution in [3.63, 3.8) is 0 Å². The van der Waals surface area contributed by atoms with Gasteiger partial charge in [-0.2, -0.15) is 0 Å². The SMILES string of the molecule is CN1CCN(C(=O)n2ccc3cc(Oc4ccnc(N)c4)ccc32)CC1. The molecule has 0 bridgehead atoms. The second kappa shape index (κ2) is 6.68. The molecule has 1 aromatic carbocycles. The van der Waals surface area contributed by atoms with E-state index in [9.17, 15) is 4.79 Å². The van der Waals surface area contributed by atoms with Gasteiger partial charge in [-0.25, -0.2) is 9.78 Å². The molecule has 0 aliphatic carbocycles. The third kappa shape index (κ3) is 3.21. The number of likely N-dealkylation sites (N-methyl/N-ethyl adjacent to an activating group) is 1. The predicted octanol–water partition coefficient (Wildman–Crippen LogP) is 2.63. The quantitative estimate of drug-likeness (QED) is 0.768. The van der Waals surface area contributed by atoms with E-state index in [-0.39, 0.29) is 6.03 Å². The summed E-state index contributed by atoms with van der Waals surface area (Å²) in [6.45, 7) is 3.30. The number of piperazine rings is 1. The molecule has 2 aromatic heterocycles. The molecule has 3 aromatic rings. The van der Waals surface area contributed by atoms with Crippen LogP contribution in [0, 0.1) is 0 Å². The Morgan fingerprint density at radius 1 is 1.08 bits per heavy atom. The standard InChI is InChI=1S/C19H21N5O2/c1-22-8-10-23(11-9-22)19(25)24-7-5-14-12-15(2-3-17(14)24)26-16-4-6-21-18(20)13-16/h2-7,12-13H,8-11H2,1H3,(H2,20,21). The van der Waals surface area contributed by atoms with Crippen molar-refractivity contribution in [2.45, 2.75) is 0 Å². The Balaban J connectivity index is 1.56. The number of fused-ring (bicyclic) bond motifs is 1. The van der Waals surface area contributed by atoms with Gasteiger partial charge >= 0.3 is 6.03 Å². The Morgan fingerprint density at radius 2 is 1.85 bits per heavy atom. The Hall–Kier alpha value is -3.06. The summed E-state index contributed by atoms with van der Waals surface area (Å²) < 4.78 is 7.54. The highest BCUT2D eigenvalue weighted by Crippen LogP contribution is 2.27. The number of carbonyl (C=O) groups excluding carboxylic acids is 1. The lowest BCUT2D eigenvalue weighted by molar-refractivity contribution is 0.156. The number of anilines is 1. The van der Waals surface area contributed by atoms with E-state index in [0.717, 1.165) is 37.1 Å². The molecule has 1 amide bonds. The number of rotatable bonds is 2. The van der Waals surface area contributed by atoms with Gasteiger partial charge in [-0.1, -0.05) is 0 Å². The number of amides is 1. The van der Waals surface area contributed by atoms with E-state index in [1.165, 1.54) is 0 Å². The minimum Gasteiger partial charge on any atom is -0.457 e. The summed E-state index contributed by atoms with van der Waals surface area (Å²) in [6, 6.07) is 11.0. The van der Waals surface area contributed by atoms with E-state index in [0.29, 0.717) is 17.3 Å². The molecule has 0 unspecified atom stereocenters. The Kier molecular flexibility index (Phi) is 4.22. The molecular weight excluding hydrogens is 330 g/mol. The van der Waals surface area contributed by atoms with Crippen LogP contribution in [0.5, 0.6) is 11.5 Å². The van der Waals surface area contributed by atoms with Crippen molar-refractivity contribution in [1.29, 1.82) is 0 Å². The Bertz CT molecular complexity index is 944. The van der Waals surface area contributed by atoms with E-state index in [4.69, 9.17) is 10.5 Å². The lowest BCUT2D eigenvalue weighted by Gasteiger charge is -2.32. The number of nitrogens with two attached hydrogens (primary N) is 1. The molecule has 26 heavy (non-hydrogen) atoms. The van der Waals surface area contributed by atoms with Gasteiger partial charge in [-0.05, 0) is 37.4 Å². The molecule has 1 aliphatic heterocycles. The summed E-state index contributed by atoms with van der Waals surface area (Å²) in [5, 5.41) is 0.951. The van der Waals surface area contributed by atoms with Crippen molar-refractivity contribution < 1.29 is 9.53 Å². The first kappa shape index (κ1) is 16.4. The van der Waals surface area contributed by atoms with Crippen molar-refractivity contribution in [1.82, 2.24) is 19.4 Å².